The van der Waals surface area contributed by atoms with Gasteiger partial charge in [-0.2, -0.15) is 15.1 Å². The number of carbonyl (C=O) groups excluding carboxylic acids is 1. The van der Waals surface area contributed by atoms with Crippen molar-refractivity contribution in [3.05, 3.63) is 121 Å². The minimum absolute atomic E-state index is 0.00227. The van der Waals surface area contributed by atoms with E-state index in [0.29, 0.717) is 16.6 Å². The van der Waals surface area contributed by atoms with E-state index < -0.39 is 43.1 Å². The summed E-state index contributed by atoms with van der Waals surface area (Å²) in [5.74, 6) is -0.699. The van der Waals surface area contributed by atoms with Crippen molar-refractivity contribution >= 4 is 41.6 Å². The number of nitrogens with two attached hydrogens (primary N) is 1. The van der Waals surface area contributed by atoms with Crippen molar-refractivity contribution in [1.29, 1.82) is 0 Å². The molecule has 1 aliphatic heterocycles. The average Bonchev–Trinajstić information content (AvgIpc) is 3.75. The Kier molecular flexibility index (Phi) is 11.1. The zero-order chi connectivity index (χ0) is 39.5. The lowest BCUT2D eigenvalue weighted by atomic mass is 9.81. The second-order valence-corrected chi connectivity index (χ2v) is 16.1. The van der Waals surface area contributed by atoms with Crippen LogP contribution in [-0.4, -0.2) is 61.6 Å². The van der Waals surface area contributed by atoms with Crippen molar-refractivity contribution in [1.82, 2.24) is 24.6 Å². The van der Waals surface area contributed by atoms with Gasteiger partial charge in [-0.25, -0.2) is 14.3 Å². The Morgan fingerprint density at radius 1 is 1.02 bits per heavy atom. The zero-order valence-electron chi connectivity index (χ0n) is 31.6. The molecular formula is C41H45N6O8P. The lowest BCUT2D eigenvalue weighted by Gasteiger charge is -2.38. The molecule has 292 valence electrons. The van der Waals surface area contributed by atoms with Crippen molar-refractivity contribution < 1.29 is 37.7 Å². The fourth-order valence-corrected chi connectivity index (χ4v) is 8.89. The van der Waals surface area contributed by atoms with Crippen LogP contribution in [0.3, 0.4) is 0 Å². The van der Waals surface area contributed by atoms with Gasteiger partial charge < -0.3 is 29.6 Å². The van der Waals surface area contributed by atoms with Crippen LogP contribution in [0, 0.1) is 5.92 Å². The maximum Gasteiger partial charge on any atom is 0.459 e. The quantitative estimate of drug-likeness (QED) is 0.0733. The number of esters is 1. The van der Waals surface area contributed by atoms with E-state index in [1.807, 2.05) is 105 Å². The van der Waals surface area contributed by atoms with Gasteiger partial charge in [-0.15, -0.1) is 0 Å². The summed E-state index contributed by atoms with van der Waals surface area (Å²) in [6.07, 6.45) is -0.160. The molecule has 14 nitrogen and oxygen atoms in total. The molecule has 6 aromatic rings. The molecule has 1 aliphatic rings. The second kappa shape index (κ2) is 16.0. The molecule has 15 heteroatoms. The summed E-state index contributed by atoms with van der Waals surface area (Å²) in [5.41, 5.74) is 5.12. The molecule has 2 aromatic heterocycles. The number of hydrogen-bond acceptors (Lipinski definition) is 12. The summed E-state index contributed by atoms with van der Waals surface area (Å²) >= 11 is 0. The highest BCUT2D eigenvalue weighted by molar-refractivity contribution is 7.52. The zero-order valence-corrected chi connectivity index (χ0v) is 32.5. The van der Waals surface area contributed by atoms with Gasteiger partial charge in [0.15, 0.2) is 17.4 Å². The number of aliphatic hydroxyl groups is 1. The molecule has 0 bridgehead atoms. The first-order valence-corrected chi connectivity index (χ1v) is 19.8. The molecule has 0 radical (unpaired) electrons. The van der Waals surface area contributed by atoms with Crippen molar-refractivity contribution in [2.24, 2.45) is 5.92 Å². The van der Waals surface area contributed by atoms with Crippen LogP contribution in [0.5, 0.6) is 11.6 Å². The van der Waals surface area contributed by atoms with Crippen LogP contribution < -0.4 is 20.1 Å². The van der Waals surface area contributed by atoms with Gasteiger partial charge in [-0.1, -0.05) is 111 Å². The second-order valence-electron chi connectivity index (χ2n) is 14.4. The maximum absolute atomic E-state index is 15.5. The van der Waals surface area contributed by atoms with Crippen LogP contribution in [0.25, 0.3) is 21.9 Å². The van der Waals surface area contributed by atoms with Crippen LogP contribution in [0.2, 0.25) is 0 Å². The van der Waals surface area contributed by atoms with E-state index in [-0.39, 0.29) is 43.6 Å². The molecule has 5 atom stereocenters. The molecule has 1 fully saturated rings. The summed E-state index contributed by atoms with van der Waals surface area (Å²) in [7, 11) is -3.08. The molecule has 0 spiro atoms. The molecule has 0 saturated carbocycles. The minimum atomic E-state index is -4.52. The van der Waals surface area contributed by atoms with Crippen LogP contribution in [-0.2, 0) is 36.4 Å². The van der Waals surface area contributed by atoms with Crippen LogP contribution in [0.1, 0.15) is 44.5 Å². The highest BCUT2D eigenvalue weighted by Gasteiger charge is 2.51. The first kappa shape index (κ1) is 38.9. The number of fused-ring (bicyclic) bond motifs is 2. The Morgan fingerprint density at radius 2 is 1.70 bits per heavy atom. The lowest BCUT2D eigenvalue weighted by molar-refractivity contribution is -0.154. The molecular weight excluding hydrogens is 735 g/mol. The van der Waals surface area contributed by atoms with E-state index in [2.05, 4.69) is 20.0 Å². The summed E-state index contributed by atoms with van der Waals surface area (Å²) in [6, 6.07) is 31.7. The van der Waals surface area contributed by atoms with Crippen LogP contribution >= 0.6 is 7.75 Å². The first-order chi connectivity index (χ1) is 26.9. The van der Waals surface area contributed by atoms with Gasteiger partial charge in [0, 0.05) is 18.2 Å². The van der Waals surface area contributed by atoms with E-state index in [1.165, 1.54) is 13.4 Å². The van der Waals surface area contributed by atoms with Crippen molar-refractivity contribution in [2.45, 2.75) is 63.7 Å². The number of rotatable bonds is 15. The Balaban J connectivity index is 1.23. The third-order valence-corrected chi connectivity index (χ3v) is 11.6. The molecule has 56 heavy (non-hydrogen) atoms. The van der Waals surface area contributed by atoms with Crippen molar-refractivity contribution in [3.63, 3.8) is 0 Å². The molecule has 4 N–H and O–H groups in total. The van der Waals surface area contributed by atoms with Gasteiger partial charge >= 0.3 is 13.7 Å². The van der Waals surface area contributed by atoms with Gasteiger partial charge in [0.05, 0.1) is 26.1 Å². The number of methoxy groups -OCH3 is 1. The van der Waals surface area contributed by atoms with Crippen LogP contribution in [0.15, 0.2) is 109 Å². The number of hydrogen-bond donors (Lipinski definition) is 3. The molecule has 1 saturated heterocycles. The van der Waals surface area contributed by atoms with E-state index in [1.54, 1.807) is 23.6 Å². The predicted molar refractivity (Wildman–Crippen MR) is 211 cm³/mol. The number of ether oxygens (including phenoxy) is 3. The van der Waals surface area contributed by atoms with E-state index in [0.717, 1.165) is 16.5 Å². The fraction of sp³-hybridized carbons (Fsp3) is 0.317. The number of nitrogen functional groups attached to an aromatic ring is 1. The summed E-state index contributed by atoms with van der Waals surface area (Å²) < 4.78 is 47.5. The minimum Gasteiger partial charge on any atom is -0.479 e. The molecule has 3 heterocycles. The number of nitrogens with zero attached hydrogens (tertiary/aromatic N) is 4. The SMILES string of the molecule is COc1nc(N)nc2c1ncn2C1O[C@H](COP(=O)(N[C@](Cc2ccccc2)(C(=O)OCc2ccccc2)C(C)C)Oc2cccc3ccccc23)C[C@@]1(C)O. The highest BCUT2D eigenvalue weighted by Crippen LogP contribution is 2.51. The standard InChI is InChI=1S/C41H45N6O8P/c1-27(2)41(22-28-14-7-5-8-15-28,38(48)52-24-29-16-9-6-10-17-29)46-56(50,55-33-21-13-19-30-18-11-12-20-32(30)33)53-25-31-23-40(3,49)37(54-31)47-26-43-34-35(47)44-39(42)45-36(34)51-4/h5-21,26-27,31,37,49H,22-25H2,1-4H3,(H,46,50)(H2,42,44,45)/t31-,37?,40+,41-,56?/m0/s1. The normalized spacial score (nSPS) is 20.5. The molecule has 7 rings (SSSR count). The molecule has 4 aromatic carbocycles. The van der Waals surface area contributed by atoms with Gasteiger partial charge in [0.25, 0.3) is 0 Å². The Hall–Kier alpha value is -5.37. The molecule has 0 amide bonds. The van der Waals surface area contributed by atoms with Gasteiger partial charge in [0.1, 0.15) is 23.5 Å². The summed E-state index contributed by atoms with van der Waals surface area (Å²) in [6.45, 7) is 5.02. The number of benzene rings is 4. The highest BCUT2D eigenvalue weighted by atomic mass is 31.2. The number of anilines is 1. The van der Waals surface area contributed by atoms with Crippen molar-refractivity contribution in [2.75, 3.05) is 19.5 Å². The Labute approximate surface area is 324 Å². The van der Waals surface area contributed by atoms with E-state index in [9.17, 15) is 9.90 Å². The van der Waals surface area contributed by atoms with Gasteiger partial charge in [-0.05, 0) is 35.4 Å². The van der Waals surface area contributed by atoms with E-state index >= 15 is 4.57 Å². The third kappa shape index (κ3) is 8.11. The smallest absolute Gasteiger partial charge is 0.459 e. The average molecular weight is 781 g/mol. The topological polar surface area (TPSA) is 182 Å². The first-order valence-electron chi connectivity index (χ1n) is 18.3. The lowest BCUT2D eigenvalue weighted by Crippen LogP contribution is -2.57. The number of nitrogens with one attached hydrogen (secondary N) is 1. The van der Waals surface area contributed by atoms with Crippen LogP contribution in [0.4, 0.5) is 5.95 Å². The summed E-state index contributed by atoms with van der Waals surface area (Å²) in [5, 5.41) is 16.3. The van der Waals surface area contributed by atoms with Crippen molar-refractivity contribution in [3.8, 4) is 11.6 Å². The molecule has 0 aliphatic carbocycles. The van der Waals surface area contributed by atoms with Gasteiger partial charge in [0.2, 0.25) is 11.8 Å². The van der Waals surface area contributed by atoms with Gasteiger partial charge in [-0.3, -0.25) is 9.09 Å². The molecule has 2 unspecified atom stereocenters. The number of aromatic nitrogens is 4. The third-order valence-electron chi connectivity index (χ3n) is 9.97. The maximum atomic E-state index is 15.5. The predicted octanol–water partition coefficient (Wildman–Crippen LogP) is 6.78. The Morgan fingerprint density at radius 3 is 2.41 bits per heavy atom. The largest absolute Gasteiger partial charge is 0.479 e. The number of carbonyl (C=O) groups is 1. The Bertz CT molecular complexity index is 2350. The van der Waals surface area contributed by atoms with E-state index in [4.69, 9.17) is 29.0 Å². The number of imidazole rings is 1. The fourth-order valence-electron chi connectivity index (χ4n) is 7.03. The monoisotopic (exact) mass is 780 g/mol. The summed E-state index contributed by atoms with van der Waals surface area (Å²) in [4.78, 5) is 27.3.